The van der Waals surface area contributed by atoms with Gasteiger partial charge in [0.05, 0.1) is 32.3 Å². The van der Waals surface area contributed by atoms with Gasteiger partial charge in [-0.15, -0.1) is 0 Å². The highest BCUT2D eigenvalue weighted by molar-refractivity contribution is 6.42. The lowest BCUT2D eigenvalue weighted by molar-refractivity contribution is 0.628. The fraction of sp³-hybridized carbons (Fsp3) is 0. The molecule has 6 aromatic rings. The van der Waals surface area contributed by atoms with E-state index in [0.717, 1.165) is 38.6 Å². The van der Waals surface area contributed by atoms with Crippen LogP contribution in [0.1, 0.15) is 0 Å². The van der Waals surface area contributed by atoms with Gasteiger partial charge in [0.1, 0.15) is 11.5 Å². The second kappa shape index (κ2) is 6.80. The van der Waals surface area contributed by atoms with Gasteiger partial charge in [-0.2, -0.15) is 0 Å². The molecule has 7 heteroatoms. The van der Waals surface area contributed by atoms with Gasteiger partial charge in [-0.3, -0.25) is 0 Å². The average Bonchev–Trinajstić information content (AvgIpc) is 3.35. The van der Waals surface area contributed by atoms with E-state index in [1.165, 1.54) is 12.1 Å². The Morgan fingerprint density at radius 2 is 1.52 bits per heavy atom. The van der Waals surface area contributed by atoms with Gasteiger partial charge < -0.3 is 9.97 Å². The zero-order chi connectivity index (χ0) is 21.1. The van der Waals surface area contributed by atoms with Gasteiger partial charge in [-0.1, -0.05) is 41.4 Å². The summed E-state index contributed by atoms with van der Waals surface area (Å²) in [5.41, 5.74) is 5.56. The number of H-pyrrole nitrogens is 2. The summed E-state index contributed by atoms with van der Waals surface area (Å²) in [7, 11) is 0. The molecule has 0 spiro atoms. The lowest BCUT2D eigenvalue weighted by atomic mass is 10.1. The number of benzene rings is 3. The Labute approximate surface area is 185 Å². The van der Waals surface area contributed by atoms with Crippen molar-refractivity contribution < 1.29 is 4.39 Å². The molecule has 0 atom stereocenters. The van der Waals surface area contributed by atoms with E-state index < -0.39 is 0 Å². The average molecular weight is 447 g/mol. The number of hydrogen-bond acceptors (Lipinski definition) is 2. The number of halogens is 3. The first-order valence-electron chi connectivity index (χ1n) is 9.59. The van der Waals surface area contributed by atoms with Crippen molar-refractivity contribution in [3.8, 4) is 22.8 Å². The standard InChI is InChI=1S/C24H13Cl2FN4/c25-16-10-19-20(11-17(16)26)31-24(30-19)21-9-15-14-3-1-2-4-18(14)28-23(15)22(29-21)12-5-7-13(27)8-6-12/h1-11,28H,(H,30,31). The molecule has 0 saturated carbocycles. The Hall–Kier alpha value is -3.41. The summed E-state index contributed by atoms with van der Waals surface area (Å²) in [5.74, 6) is 0.308. The fourth-order valence-corrected chi connectivity index (χ4v) is 4.23. The quantitative estimate of drug-likeness (QED) is 0.291. The van der Waals surface area contributed by atoms with Gasteiger partial charge >= 0.3 is 0 Å². The van der Waals surface area contributed by atoms with Crippen LogP contribution in [0, 0.1) is 5.82 Å². The summed E-state index contributed by atoms with van der Waals surface area (Å²) in [5, 5.41) is 2.99. The molecule has 150 valence electrons. The molecule has 31 heavy (non-hydrogen) atoms. The first-order chi connectivity index (χ1) is 15.1. The van der Waals surface area contributed by atoms with E-state index in [1.54, 1.807) is 24.3 Å². The van der Waals surface area contributed by atoms with Crippen LogP contribution in [0.3, 0.4) is 0 Å². The molecule has 0 unspecified atom stereocenters. The molecule has 0 aliphatic heterocycles. The fourth-order valence-electron chi connectivity index (χ4n) is 3.91. The molecule has 0 fully saturated rings. The minimum absolute atomic E-state index is 0.293. The summed E-state index contributed by atoms with van der Waals surface area (Å²) < 4.78 is 13.5. The van der Waals surface area contributed by atoms with Crippen molar-refractivity contribution in [1.82, 2.24) is 19.9 Å². The van der Waals surface area contributed by atoms with Crippen LogP contribution in [0.5, 0.6) is 0 Å². The van der Waals surface area contributed by atoms with Crippen molar-refractivity contribution in [2.45, 2.75) is 0 Å². The molecule has 0 radical (unpaired) electrons. The number of hydrogen-bond donors (Lipinski definition) is 2. The third kappa shape index (κ3) is 2.97. The number of nitrogens with one attached hydrogen (secondary N) is 2. The number of aromatic nitrogens is 4. The van der Waals surface area contributed by atoms with Crippen LogP contribution in [0.25, 0.3) is 55.6 Å². The summed E-state index contributed by atoms with van der Waals surface area (Å²) in [4.78, 5) is 16.3. The maximum absolute atomic E-state index is 13.5. The lowest BCUT2D eigenvalue weighted by Crippen LogP contribution is -1.92. The van der Waals surface area contributed by atoms with Crippen molar-refractivity contribution in [3.05, 3.63) is 82.6 Å². The Bertz CT molecular complexity index is 1580. The number of aromatic amines is 2. The summed E-state index contributed by atoms with van der Waals surface area (Å²) in [6.07, 6.45) is 0. The van der Waals surface area contributed by atoms with Crippen LogP contribution in [0.15, 0.2) is 66.7 Å². The predicted molar refractivity (Wildman–Crippen MR) is 124 cm³/mol. The highest BCUT2D eigenvalue weighted by Crippen LogP contribution is 2.35. The predicted octanol–water partition coefficient (Wildman–Crippen LogP) is 7.37. The molecule has 0 amide bonds. The molecule has 0 aliphatic carbocycles. The zero-order valence-electron chi connectivity index (χ0n) is 15.9. The van der Waals surface area contributed by atoms with E-state index in [1.807, 2.05) is 24.3 Å². The number of nitrogens with zero attached hydrogens (tertiary/aromatic N) is 2. The van der Waals surface area contributed by atoms with Crippen LogP contribution >= 0.6 is 23.2 Å². The highest BCUT2D eigenvalue weighted by atomic mass is 35.5. The number of pyridine rings is 1. The van der Waals surface area contributed by atoms with E-state index in [2.05, 4.69) is 21.0 Å². The Morgan fingerprint density at radius 3 is 2.35 bits per heavy atom. The molecule has 3 aromatic carbocycles. The van der Waals surface area contributed by atoms with Crippen LogP contribution in [-0.2, 0) is 0 Å². The Balaban J connectivity index is 1.66. The van der Waals surface area contributed by atoms with Gasteiger partial charge in [0.2, 0.25) is 0 Å². The molecular weight excluding hydrogens is 434 g/mol. The molecule has 0 aliphatic rings. The van der Waals surface area contributed by atoms with Crippen LogP contribution < -0.4 is 0 Å². The second-order valence-electron chi connectivity index (χ2n) is 7.33. The Kier molecular flexibility index (Phi) is 4.03. The minimum Gasteiger partial charge on any atom is -0.353 e. The van der Waals surface area contributed by atoms with Crippen LogP contribution in [-0.4, -0.2) is 19.9 Å². The lowest BCUT2D eigenvalue weighted by Gasteiger charge is -2.06. The van der Waals surface area contributed by atoms with Gasteiger partial charge in [0, 0.05) is 21.9 Å². The van der Waals surface area contributed by atoms with Gasteiger partial charge in [0.15, 0.2) is 5.82 Å². The first-order valence-corrected chi connectivity index (χ1v) is 10.3. The van der Waals surface area contributed by atoms with Gasteiger partial charge in [0.25, 0.3) is 0 Å². The highest BCUT2D eigenvalue weighted by Gasteiger charge is 2.17. The monoisotopic (exact) mass is 446 g/mol. The first kappa shape index (κ1) is 18.4. The summed E-state index contributed by atoms with van der Waals surface area (Å²) in [6, 6.07) is 19.9. The Morgan fingerprint density at radius 1 is 0.742 bits per heavy atom. The van der Waals surface area contributed by atoms with Crippen molar-refractivity contribution in [2.24, 2.45) is 0 Å². The molecule has 3 heterocycles. The van der Waals surface area contributed by atoms with Crippen molar-refractivity contribution in [2.75, 3.05) is 0 Å². The van der Waals surface area contributed by atoms with E-state index in [-0.39, 0.29) is 5.82 Å². The maximum atomic E-state index is 13.5. The topological polar surface area (TPSA) is 57.4 Å². The van der Waals surface area contributed by atoms with Crippen LogP contribution in [0.4, 0.5) is 4.39 Å². The van der Waals surface area contributed by atoms with Gasteiger partial charge in [-0.05, 0) is 48.5 Å². The molecule has 2 N–H and O–H groups in total. The SMILES string of the molecule is Fc1ccc(-c2nc(-c3nc4cc(Cl)c(Cl)cc4[nH]3)cc3c2[nH]c2ccccc23)cc1. The normalized spacial score (nSPS) is 11.7. The van der Waals surface area contributed by atoms with Crippen molar-refractivity contribution >= 4 is 56.0 Å². The van der Waals surface area contributed by atoms with Crippen molar-refractivity contribution in [3.63, 3.8) is 0 Å². The third-order valence-electron chi connectivity index (χ3n) is 5.38. The smallest absolute Gasteiger partial charge is 0.157 e. The van der Waals surface area contributed by atoms with E-state index in [0.29, 0.717) is 27.1 Å². The van der Waals surface area contributed by atoms with E-state index in [9.17, 15) is 4.39 Å². The number of fused-ring (bicyclic) bond motifs is 4. The molecular formula is C24H13Cl2FN4. The number of rotatable bonds is 2. The van der Waals surface area contributed by atoms with Gasteiger partial charge in [-0.25, -0.2) is 14.4 Å². The molecule has 0 saturated heterocycles. The minimum atomic E-state index is -0.293. The number of imidazole rings is 1. The molecule has 0 bridgehead atoms. The second-order valence-corrected chi connectivity index (χ2v) is 8.14. The zero-order valence-corrected chi connectivity index (χ0v) is 17.4. The van der Waals surface area contributed by atoms with Crippen molar-refractivity contribution in [1.29, 1.82) is 0 Å². The largest absolute Gasteiger partial charge is 0.353 e. The summed E-state index contributed by atoms with van der Waals surface area (Å²) in [6.45, 7) is 0. The third-order valence-corrected chi connectivity index (χ3v) is 6.10. The van der Waals surface area contributed by atoms with E-state index in [4.69, 9.17) is 28.2 Å². The molecule has 3 aromatic heterocycles. The maximum Gasteiger partial charge on any atom is 0.157 e. The van der Waals surface area contributed by atoms with E-state index >= 15 is 0 Å². The van der Waals surface area contributed by atoms with Crippen LogP contribution in [0.2, 0.25) is 10.0 Å². The molecule has 4 nitrogen and oxygen atoms in total. The molecule has 6 rings (SSSR count). The summed E-state index contributed by atoms with van der Waals surface area (Å²) >= 11 is 12.3. The number of para-hydroxylation sites is 1.